The van der Waals surface area contributed by atoms with E-state index < -0.39 is 24.0 Å². The second-order valence-corrected chi connectivity index (χ2v) is 3.56. The maximum atomic E-state index is 10.7. The number of aliphatic hydroxyl groups excluding tert-OH is 1. The molecule has 0 aliphatic carbocycles. The number of hydrogen-bond donors (Lipinski definition) is 2. The van der Waals surface area contributed by atoms with Crippen LogP contribution in [0.25, 0.3) is 0 Å². The molecule has 1 aromatic rings. The highest BCUT2D eigenvalue weighted by molar-refractivity contribution is 5.79. The van der Waals surface area contributed by atoms with E-state index in [4.69, 9.17) is 10.2 Å². The van der Waals surface area contributed by atoms with Crippen LogP contribution in [0.15, 0.2) is 24.3 Å². The molecule has 0 saturated heterocycles. The molecule has 2 atom stereocenters. The van der Waals surface area contributed by atoms with Gasteiger partial charge in [0.15, 0.2) is 0 Å². The lowest BCUT2D eigenvalue weighted by molar-refractivity contribution is -0.330. The van der Waals surface area contributed by atoms with Gasteiger partial charge in [0.2, 0.25) is 0 Å². The number of aliphatic carboxylic acids is 2. The highest BCUT2D eigenvalue weighted by Gasteiger charge is 2.21. The SMILES string of the molecule is O=C([O-])[C@@H](Cc1ccc(O)cc1)[C@@H](O)C(=O)[O-]. The Bertz CT molecular complexity index is 410. The molecule has 0 aromatic heterocycles. The smallest absolute Gasteiger partial charge is 0.115 e. The molecule has 0 unspecified atom stereocenters. The summed E-state index contributed by atoms with van der Waals surface area (Å²) >= 11 is 0. The monoisotopic (exact) mass is 238 g/mol. The van der Waals surface area contributed by atoms with Crippen LogP contribution in [0.4, 0.5) is 0 Å². The summed E-state index contributed by atoms with van der Waals surface area (Å²) in [5.74, 6) is -5.13. The number of carbonyl (C=O) groups is 2. The molecule has 1 rings (SSSR count). The Morgan fingerprint density at radius 3 is 2.06 bits per heavy atom. The van der Waals surface area contributed by atoms with Gasteiger partial charge in [0.25, 0.3) is 0 Å². The van der Waals surface area contributed by atoms with Crippen molar-refractivity contribution in [3.63, 3.8) is 0 Å². The molecule has 0 radical (unpaired) electrons. The molecule has 0 fully saturated rings. The van der Waals surface area contributed by atoms with Gasteiger partial charge in [-0.05, 0) is 24.1 Å². The van der Waals surface area contributed by atoms with E-state index in [9.17, 15) is 19.8 Å². The van der Waals surface area contributed by atoms with Gasteiger partial charge in [-0.1, -0.05) is 12.1 Å². The first-order valence-electron chi connectivity index (χ1n) is 4.79. The Labute approximate surface area is 96.8 Å². The van der Waals surface area contributed by atoms with E-state index in [0.29, 0.717) is 5.56 Å². The molecular formula is C11H10O6-2. The largest absolute Gasteiger partial charge is 0.550 e. The average molecular weight is 238 g/mol. The molecule has 2 N–H and O–H groups in total. The lowest BCUT2D eigenvalue weighted by Crippen LogP contribution is -2.48. The van der Waals surface area contributed by atoms with Crippen molar-refractivity contribution >= 4 is 11.9 Å². The predicted molar refractivity (Wildman–Crippen MR) is 51.3 cm³/mol. The molecule has 6 nitrogen and oxygen atoms in total. The van der Waals surface area contributed by atoms with Crippen molar-refractivity contribution in [2.24, 2.45) is 5.92 Å². The van der Waals surface area contributed by atoms with Crippen LogP contribution >= 0.6 is 0 Å². The van der Waals surface area contributed by atoms with Crippen molar-refractivity contribution in [1.29, 1.82) is 0 Å². The second-order valence-electron chi connectivity index (χ2n) is 3.56. The third-order valence-electron chi connectivity index (χ3n) is 2.32. The van der Waals surface area contributed by atoms with Crippen LogP contribution in [-0.2, 0) is 16.0 Å². The standard InChI is InChI=1S/C11H12O6/c12-7-3-1-6(2-4-7)5-8(10(14)15)9(13)11(16)17/h1-4,8-9,12-13H,5H2,(H,14,15)(H,16,17)/p-2/t8-,9+/m0/s1. The minimum absolute atomic E-state index is 0.000741. The Morgan fingerprint density at radius 2 is 1.65 bits per heavy atom. The van der Waals surface area contributed by atoms with Gasteiger partial charge in [-0.2, -0.15) is 0 Å². The number of aliphatic hydroxyl groups is 1. The number of carboxylic acids is 2. The zero-order valence-electron chi connectivity index (χ0n) is 8.70. The highest BCUT2D eigenvalue weighted by Crippen LogP contribution is 2.15. The van der Waals surface area contributed by atoms with Gasteiger partial charge < -0.3 is 30.0 Å². The Hall–Kier alpha value is -2.08. The van der Waals surface area contributed by atoms with Gasteiger partial charge in [-0.15, -0.1) is 0 Å². The second kappa shape index (κ2) is 5.31. The van der Waals surface area contributed by atoms with E-state index in [-0.39, 0.29) is 12.2 Å². The molecule has 0 aliphatic rings. The lowest BCUT2D eigenvalue weighted by atomic mass is 9.94. The molecule has 0 heterocycles. The van der Waals surface area contributed by atoms with Crippen LogP contribution in [0, 0.1) is 5.92 Å². The first-order chi connectivity index (χ1) is 7.91. The predicted octanol–water partition coefficient (Wildman–Crippen LogP) is -2.59. The molecule has 1 aromatic carbocycles. The van der Waals surface area contributed by atoms with E-state index >= 15 is 0 Å². The molecule has 92 valence electrons. The fourth-order valence-electron chi connectivity index (χ4n) is 1.37. The van der Waals surface area contributed by atoms with E-state index in [0.717, 1.165) is 0 Å². The number of hydrogen-bond acceptors (Lipinski definition) is 6. The van der Waals surface area contributed by atoms with Crippen molar-refractivity contribution in [2.45, 2.75) is 12.5 Å². The highest BCUT2D eigenvalue weighted by atomic mass is 16.4. The van der Waals surface area contributed by atoms with E-state index in [1.165, 1.54) is 24.3 Å². The number of rotatable bonds is 5. The minimum atomic E-state index is -2.13. The van der Waals surface area contributed by atoms with Gasteiger partial charge in [0, 0.05) is 11.9 Å². The van der Waals surface area contributed by atoms with Crippen LogP contribution in [0.5, 0.6) is 5.75 Å². The van der Waals surface area contributed by atoms with Crippen LogP contribution in [0.1, 0.15) is 5.56 Å². The Balaban J connectivity index is 2.84. The first-order valence-corrected chi connectivity index (χ1v) is 4.79. The van der Waals surface area contributed by atoms with Crippen molar-refractivity contribution in [3.05, 3.63) is 29.8 Å². The molecular weight excluding hydrogens is 228 g/mol. The fraction of sp³-hybridized carbons (Fsp3) is 0.273. The first kappa shape index (κ1) is 13.0. The minimum Gasteiger partial charge on any atom is -0.550 e. The normalized spacial score (nSPS) is 13.9. The number of phenols is 1. The van der Waals surface area contributed by atoms with E-state index in [1.807, 2.05) is 0 Å². The van der Waals surface area contributed by atoms with Gasteiger partial charge in [0.05, 0.1) is 5.97 Å². The molecule has 0 spiro atoms. The van der Waals surface area contributed by atoms with E-state index in [1.54, 1.807) is 0 Å². The number of carbonyl (C=O) groups excluding carboxylic acids is 2. The zero-order valence-corrected chi connectivity index (χ0v) is 8.70. The lowest BCUT2D eigenvalue weighted by Gasteiger charge is -2.24. The summed E-state index contributed by atoms with van der Waals surface area (Å²) in [7, 11) is 0. The quantitative estimate of drug-likeness (QED) is 0.580. The zero-order chi connectivity index (χ0) is 13.0. The van der Waals surface area contributed by atoms with Crippen LogP contribution in [-0.4, -0.2) is 28.3 Å². The number of carboxylic acid groups (broad SMARTS) is 2. The van der Waals surface area contributed by atoms with Gasteiger partial charge in [0.1, 0.15) is 11.9 Å². The van der Waals surface area contributed by atoms with Crippen molar-refractivity contribution < 1.29 is 30.0 Å². The van der Waals surface area contributed by atoms with Crippen LogP contribution in [0.3, 0.4) is 0 Å². The van der Waals surface area contributed by atoms with Crippen LogP contribution in [0.2, 0.25) is 0 Å². The van der Waals surface area contributed by atoms with Crippen LogP contribution < -0.4 is 10.2 Å². The molecule has 17 heavy (non-hydrogen) atoms. The molecule has 0 saturated carbocycles. The third-order valence-corrected chi connectivity index (χ3v) is 2.32. The summed E-state index contributed by atoms with van der Waals surface area (Å²) < 4.78 is 0. The average Bonchev–Trinajstić information content (AvgIpc) is 2.26. The third kappa shape index (κ3) is 3.46. The molecule has 0 amide bonds. The maximum Gasteiger partial charge on any atom is 0.115 e. The van der Waals surface area contributed by atoms with Crippen molar-refractivity contribution in [1.82, 2.24) is 0 Å². The molecule has 0 bridgehead atoms. The Kier molecular flexibility index (Phi) is 4.06. The summed E-state index contributed by atoms with van der Waals surface area (Å²) in [5.41, 5.74) is 0.456. The van der Waals surface area contributed by atoms with Crippen molar-refractivity contribution in [3.8, 4) is 5.75 Å². The summed E-state index contributed by atoms with van der Waals surface area (Å²) in [6, 6.07) is 5.50. The number of aromatic hydroxyl groups is 1. The van der Waals surface area contributed by atoms with E-state index in [2.05, 4.69) is 0 Å². The topological polar surface area (TPSA) is 121 Å². The summed E-state index contributed by atoms with van der Waals surface area (Å²) in [5, 5.41) is 39.3. The number of phenolic OH excluding ortho intramolecular Hbond substituents is 1. The summed E-state index contributed by atoms with van der Waals surface area (Å²) in [6.45, 7) is 0. The molecule has 0 aliphatic heterocycles. The number of benzene rings is 1. The molecule has 6 heteroatoms. The Morgan fingerprint density at radius 1 is 1.12 bits per heavy atom. The summed E-state index contributed by atoms with van der Waals surface area (Å²) in [4.78, 5) is 21.1. The fourth-order valence-corrected chi connectivity index (χ4v) is 1.37. The van der Waals surface area contributed by atoms with Gasteiger partial charge in [-0.3, -0.25) is 0 Å². The van der Waals surface area contributed by atoms with Gasteiger partial charge >= 0.3 is 0 Å². The van der Waals surface area contributed by atoms with Gasteiger partial charge in [-0.25, -0.2) is 0 Å². The van der Waals surface area contributed by atoms with Crippen molar-refractivity contribution in [2.75, 3.05) is 0 Å². The maximum absolute atomic E-state index is 10.7. The summed E-state index contributed by atoms with van der Waals surface area (Å²) in [6.07, 6.45) is -2.36.